The molecule has 1 aromatic carbocycles. The summed E-state index contributed by atoms with van der Waals surface area (Å²) in [6.45, 7) is 5.75. The van der Waals surface area contributed by atoms with Gasteiger partial charge in [0.05, 0.1) is 16.3 Å². The number of sulfone groups is 1. The van der Waals surface area contributed by atoms with Crippen LogP contribution in [0.3, 0.4) is 0 Å². The Kier molecular flexibility index (Phi) is 6.67. The molecular formula is C20H31N7O2S. The van der Waals surface area contributed by atoms with Crippen LogP contribution in [0.2, 0.25) is 0 Å². The highest BCUT2D eigenvalue weighted by molar-refractivity contribution is 7.91. The van der Waals surface area contributed by atoms with E-state index in [0.29, 0.717) is 17.1 Å². The number of nitrogen functional groups attached to an aromatic ring is 2. The Morgan fingerprint density at radius 1 is 1.00 bits per heavy atom. The van der Waals surface area contributed by atoms with Gasteiger partial charge in [0, 0.05) is 31.9 Å². The minimum absolute atomic E-state index is 0.160. The van der Waals surface area contributed by atoms with E-state index >= 15 is 0 Å². The van der Waals surface area contributed by atoms with Gasteiger partial charge in [-0.05, 0) is 58.3 Å². The summed E-state index contributed by atoms with van der Waals surface area (Å²) >= 11 is 0. The molecule has 0 saturated carbocycles. The van der Waals surface area contributed by atoms with Gasteiger partial charge in [-0.3, -0.25) is 0 Å². The monoisotopic (exact) mass is 433 g/mol. The topological polar surface area (TPSA) is 122 Å². The van der Waals surface area contributed by atoms with Gasteiger partial charge in [-0.2, -0.15) is 4.98 Å². The summed E-state index contributed by atoms with van der Waals surface area (Å²) in [5.41, 5.74) is 14.4. The van der Waals surface area contributed by atoms with Crippen LogP contribution in [0.4, 0.5) is 23.1 Å². The number of nitrogens with zero attached hydrogens (tertiary/aromatic N) is 5. The van der Waals surface area contributed by atoms with Crippen LogP contribution in [0, 0.1) is 6.92 Å². The SMILES string of the molecule is Cc1nc(N)nc(N)c1N1CCN(c2ccc(S(=O)(=O)CCCN(C)C)cc2)CC1. The van der Waals surface area contributed by atoms with Crippen molar-refractivity contribution in [2.24, 2.45) is 0 Å². The van der Waals surface area contributed by atoms with Crippen LogP contribution in [-0.4, -0.2) is 75.9 Å². The number of benzene rings is 1. The van der Waals surface area contributed by atoms with Gasteiger partial charge in [-0.1, -0.05) is 0 Å². The Hall–Kier alpha value is -2.59. The molecule has 2 aromatic rings. The smallest absolute Gasteiger partial charge is 0.222 e. The fraction of sp³-hybridized carbons (Fsp3) is 0.500. The van der Waals surface area contributed by atoms with E-state index in [1.54, 1.807) is 12.1 Å². The van der Waals surface area contributed by atoms with E-state index in [9.17, 15) is 8.42 Å². The highest BCUT2D eigenvalue weighted by Gasteiger charge is 2.22. The molecule has 1 aliphatic heterocycles. The lowest BCUT2D eigenvalue weighted by molar-refractivity contribution is 0.408. The molecule has 164 valence electrons. The Balaban J connectivity index is 1.63. The molecule has 1 aromatic heterocycles. The van der Waals surface area contributed by atoms with Gasteiger partial charge in [0.25, 0.3) is 0 Å². The lowest BCUT2D eigenvalue weighted by atomic mass is 10.2. The van der Waals surface area contributed by atoms with Gasteiger partial charge in [0.2, 0.25) is 5.95 Å². The van der Waals surface area contributed by atoms with Crippen molar-refractivity contribution in [2.75, 3.05) is 73.8 Å². The quantitative estimate of drug-likeness (QED) is 0.658. The molecule has 0 atom stereocenters. The highest BCUT2D eigenvalue weighted by atomic mass is 32.2. The van der Waals surface area contributed by atoms with Crippen molar-refractivity contribution >= 4 is 33.0 Å². The fourth-order valence-corrected chi connectivity index (χ4v) is 5.04. The molecular weight excluding hydrogens is 402 g/mol. The second-order valence-corrected chi connectivity index (χ2v) is 9.95. The zero-order chi connectivity index (χ0) is 21.9. The van der Waals surface area contributed by atoms with Crippen LogP contribution in [0.1, 0.15) is 12.1 Å². The minimum Gasteiger partial charge on any atom is -0.382 e. The molecule has 0 amide bonds. The van der Waals surface area contributed by atoms with Gasteiger partial charge < -0.3 is 26.2 Å². The maximum absolute atomic E-state index is 12.5. The first-order valence-electron chi connectivity index (χ1n) is 10.0. The lowest BCUT2D eigenvalue weighted by Crippen LogP contribution is -2.47. The molecule has 0 aliphatic carbocycles. The van der Waals surface area contributed by atoms with E-state index in [4.69, 9.17) is 11.5 Å². The van der Waals surface area contributed by atoms with E-state index in [1.165, 1.54) is 0 Å². The molecule has 0 bridgehead atoms. The average Bonchev–Trinajstić information content (AvgIpc) is 2.67. The van der Waals surface area contributed by atoms with Crippen LogP contribution in [-0.2, 0) is 9.84 Å². The Morgan fingerprint density at radius 3 is 2.17 bits per heavy atom. The summed E-state index contributed by atoms with van der Waals surface area (Å²) < 4.78 is 25.0. The number of piperazine rings is 1. The maximum atomic E-state index is 12.5. The fourth-order valence-electron chi connectivity index (χ4n) is 3.74. The zero-order valence-electron chi connectivity index (χ0n) is 17.9. The van der Waals surface area contributed by atoms with Crippen LogP contribution in [0.5, 0.6) is 0 Å². The van der Waals surface area contributed by atoms with Crippen LogP contribution >= 0.6 is 0 Å². The van der Waals surface area contributed by atoms with Gasteiger partial charge >= 0.3 is 0 Å². The second kappa shape index (κ2) is 9.05. The Morgan fingerprint density at radius 2 is 1.60 bits per heavy atom. The highest BCUT2D eigenvalue weighted by Crippen LogP contribution is 2.28. The average molecular weight is 434 g/mol. The van der Waals surface area contributed by atoms with Crippen molar-refractivity contribution in [1.29, 1.82) is 0 Å². The summed E-state index contributed by atoms with van der Waals surface area (Å²) in [6, 6.07) is 7.20. The van der Waals surface area contributed by atoms with Gasteiger partial charge in [0.1, 0.15) is 5.69 Å². The summed E-state index contributed by atoms with van der Waals surface area (Å²) in [5, 5.41) is 0. The number of rotatable bonds is 7. The molecule has 10 heteroatoms. The third-order valence-electron chi connectivity index (χ3n) is 5.28. The first-order chi connectivity index (χ1) is 14.2. The third-order valence-corrected chi connectivity index (χ3v) is 7.09. The van der Waals surface area contributed by atoms with Crippen LogP contribution in [0.25, 0.3) is 0 Å². The number of nitrogens with two attached hydrogens (primary N) is 2. The summed E-state index contributed by atoms with van der Waals surface area (Å²) in [5.74, 6) is 0.745. The molecule has 1 aliphatic rings. The lowest BCUT2D eigenvalue weighted by Gasteiger charge is -2.38. The molecule has 0 unspecified atom stereocenters. The summed E-state index contributed by atoms with van der Waals surface area (Å²) in [6.07, 6.45) is 0.621. The summed E-state index contributed by atoms with van der Waals surface area (Å²) in [4.78, 5) is 15.1. The molecule has 9 nitrogen and oxygen atoms in total. The van der Waals surface area contributed by atoms with Crippen LogP contribution < -0.4 is 21.3 Å². The normalized spacial score (nSPS) is 15.1. The molecule has 4 N–H and O–H groups in total. The summed E-state index contributed by atoms with van der Waals surface area (Å²) in [7, 11) is 0.630. The van der Waals surface area contributed by atoms with Gasteiger partial charge in [0.15, 0.2) is 15.7 Å². The number of anilines is 4. The molecule has 0 spiro atoms. The van der Waals surface area contributed by atoms with Crippen molar-refractivity contribution in [3.63, 3.8) is 0 Å². The number of aromatic nitrogens is 2. The van der Waals surface area contributed by atoms with E-state index < -0.39 is 9.84 Å². The molecule has 2 heterocycles. The van der Waals surface area contributed by atoms with Gasteiger partial charge in [-0.25, -0.2) is 13.4 Å². The van der Waals surface area contributed by atoms with Crippen LogP contribution in [0.15, 0.2) is 29.2 Å². The van der Waals surface area contributed by atoms with E-state index in [2.05, 4.69) is 19.8 Å². The van der Waals surface area contributed by atoms with E-state index in [1.807, 2.05) is 38.1 Å². The van der Waals surface area contributed by atoms with Crippen molar-refractivity contribution < 1.29 is 8.42 Å². The number of hydrogen-bond donors (Lipinski definition) is 2. The minimum atomic E-state index is -3.25. The predicted molar refractivity (Wildman–Crippen MR) is 122 cm³/mol. The van der Waals surface area contributed by atoms with Crippen molar-refractivity contribution in [2.45, 2.75) is 18.2 Å². The van der Waals surface area contributed by atoms with E-state index in [-0.39, 0.29) is 11.7 Å². The third kappa shape index (κ3) is 5.11. The molecule has 30 heavy (non-hydrogen) atoms. The molecule has 1 saturated heterocycles. The van der Waals surface area contributed by atoms with Crippen molar-refractivity contribution in [3.05, 3.63) is 30.0 Å². The maximum Gasteiger partial charge on any atom is 0.222 e. The standard InChI is InChI=1S/C20H31N7O2S/c1-15-18(19(21)24-20(22)23-15)27-12-10-26(11-13-27)16-5-7-17(8-6-16)30(28,29)14-4-9-25(2)3/h5-8H,4,9-14H2,1-3H3,(H4,21,22,23,24). The van der Waals surface area contributed by atoms with Crippen molar-refractivity contribution in [3.8, 4) is 0 Å². The largest absolute Gasteiger partial charge is 0.382 e. The van der Waals surface area contributed by atoms with Gasteiger partial charge in [-0.15, -0.1) is 0 Å². The number of aryl methyl sites for hydroxylation is 1. The first kappa shape index (κ1) is 22.1. The second-order valence-electron chi connectivity index (χ2n) is 7.84. The molecule has 0 radical (unpaired) electrons. The molecule has 3 rings (SSSR count). The van der Waals surface area contributed by atoms with Crippen molar-refractivity contribution in [1.82, 2.24) is 14.9 Å². The molecule has 1 fully saturated rings. The number of hydrogen-bond acceptors (Lipinski definition) is 9. The Labute approximate surface area is 178 Å². The zero-order valence-corrected chi connectivity index (χ0v) is 18.7. The van der Waals surface area contributed by atoms with E-state index in [0.717, 1.165) is 49.8 Å². The first-order valence-corrected chi connectivity index (χ1v) is 11.7. The Bertz CT molecular complexity index is 946. The predicted octanol–water partition coefficient (Wildman–Crippen LogP) is 1.00.